The number of aliphatic carboxylic acids is 1. The van der Waals surface area contributed by atoms with E-state index in [0.29, 0.717) is 21.9 Å². The molecule has 202 valence electrons. The van der Waals surface area contributed by atoms with Crippen molar-refractivity contribution in [3.8, 4) is 10.8 Å². The van der Waals surface area contributed by atoms with Gasteiger partial charge in [0.25, 0.3) is 5.56 Å². The second kappa shape index (κ2) is 10.1. The Morgan fingerprint density at radius 2 is 1.87 bits per heavy atom. The van der Waals surface area contributed by atoms with E-state index < -0.39 is 34.7 Å². The van der Waals surface area contributed by atoms with Crippen molar-refractivity contribution in [1.82, 2.24) is 24.1 Å². The molecule has 0 aliphatic rings. The van der Waals surface area contributed by atoms with Crippen LogP contribution in [-0.2, 0) is 21.6 Å². The van der Waals surface area contributed by atoms with Gasteiger partial charge in [0, 0.05) is 11.1 Å². The second-order valence-corrected chi connectivity index (χ2v) is 10.5. The summed E-state index contributed by atoms with van der Waals surface area (Å²) in [7, 11) is 1.44. The van der Waals surface area contributed by atoms with Crippen LogP contribution in [0.2, 0.25) is 0 Å². The molecule has 38 heavy (non-hydrogen) atoms. The number of nitrogens with zero attached hydrogens (tertiary/aromatic N) is 5. The molecule has 0 radical (unpaired) electrons. The van der Waals surface area contributed by atoms with Crippen LogP contribution in [0.25, 0.3) is 15.2 Å². The van der Waals surface area contributed by atoms with Gasteiger partial charge in [-0.05, 0) is 52.8 Å². The Balaban J connectivity index is 2.07. The van der Waals surface area contributed by atoms with Crippen LogP contribution in [0.5, 0.6) is 5.75 Å². The number of hydrogen-bond donors (Lipinski definition) is 1. The SMILES string of the molecule is COc1ccc(F)cc1[C@H](Cn1c(=O)n(C(C)(C)C(=O)O)c(=O)c2c(C)c(-n3nccn3)sc21)OC(C)C. The number of benzene rings is 1. The maximum Gasteiger partial charge on any atom is 0.333 e. The number of aryl methyl sites for hydroxylation is 1. The maximum atomic E-state index is 14.3. The molecular formula is C25H28FN5O6S. The molecule has 3 aromatic heterocycles. The van der Waals surface area contributed by atoms with E-state index >= 15 is 0 Å². The molecule has 11 nitrogen and oxygen atoms in total. The number of methoxy groups -OCH3 is 1. The minimum absolute atomic E-state index is 0.158. The number of halogens is 1. The minimum Gasteiger partial charge on any atom is -0.496 e. The first-order valence-corrected chi connectivity index (χ1v) is 12.6. The van der Waals surface area contributed by atoms with Gasteiger partial charge in [-0.2, -0.15) is 10.2 Å². The van der Waals surface area contributed by atoms with E-state index in [1.807, 2.05) is 0 Å². The first kappa shape index (κ1) is 27.2. The number of carboxylic acid groups (broad SMARTS) is 1. The summed E-state index contributed by atoms with van der Waals surface area (Å²) in [5.74, 6) is -1.53. The molecule has 0 aliphatic heterocycles. The highest BCUT2D eigenvalue weighted by atomic mass is 32.1. The number of ether oxygens (including phenoxy) is 2. The normalized spacial score (nSPS) is 12.8. The van der Waals surface area contributed by atoms with Crippen LogP contribution >= 0.6 is 11.3 Å². The van der Waals surface area contributed by atoms with Gasteiger partial charge in [-0.25, -0.2) is 18.5 Å². The molecule has 0 saturated heterocycles. The smallest absolute Gasteiger partial charge is 0.333 e. The van der Waals surface area contributed by atoms with Crippen LogP contribution in [0.15, 0.2) is 40.2 Å². The molecule has 0 amide bonds. The molecule has 0 bridgehead atoms. The minimum atomic E-state index is -1.87. The first-order chi connectivity index (χ1) is 17.9. The molecule has 0 fully saturated rings. The zero-order valence-corrected chi connectivity index (χ0v) is 22.6. The van der Waals surface area contributed by atoms with Gasteiger partial charge in [0.2, 0.25) is 0 Å². The standard InChI is InChI=1S/C25H28FN5O6S/c1-13(2)37-18(16-11-15(26)7-8-17(16)36-6)12-29-22-19(14(3)21(38-22)31-27-9-10-28-31)20(32)30(24(29)35)25(4,5)23(33)34/h7-11,13,18H,12H2,1-6H3,(H,33,34)/t18-/m0/s1. The zero-order valence-electron chi connectivity index (χ0n) is 21.8. The zero-order chi connectivity index (χ0) is 27.9. The highest BCUT2D eigenvalue weighted by Crippen LogP contribution is 2.34. The molecule has 1 N–H and O–H groups in total. The van der Waals surface area contributed by atoms with E-state index in [-0.39, 0.29) is 22.9 Å². The highest BCUT2D eigenvalue weighted by Gasteiger charge is 2.36. The van der Waals surface area contributed by atoms with Gasteiger partial charge >= 0.3 is 11.7 Å². The van der Waals surface area contributed by atoms with Crippen LogP contribution in [0.3, 0.4) is 0 Å². The lowest BCUT2D eigenvalue weighted by atomic mass is 10.1. The van der Waals surface area contributed by atoms with Crippen LogP contribution in [-0.4, -0.2) is 48.4 Å². The van der Waals surface area contributed by atoms with Gasteiger partial charge in [-0.1, -0.05) is 11.3 Å². The van der Waals surface area contributed by atoms with E-state index in [0.717, 1.165) is 15.9 Å². The molecule has 1 atom stereocenters. The largest absolute Gasteiger partial charge is 0.496 e. The molecule has 0 aliphatic carbocycles. The van der Waals surface area contributed by atoms with Gasteiger partial charge in [-0.15, -0.1) is 4.80 Å². The molecule has 13 heteroatoms. The van der Waals surface area contributed by atoms with E-state index in [9.17, 15) is 23.9 Å². The van der Waals surface area contributed by atoms with E-state index in [2.05, 4.69) is 10.2 Å². The van der Waals surface area contributed by atoms with Crippen molar-refractivity contribution >= 4 is 27.5 Å². The number of thiophene rings is 1. The van der Waals surface area contributed by atoms with Gasteiger partial charge in [-0.3, -0.25) is 9.36 Å². The molecule has 3 heterocycles. The molecule has 0 spiro atoms. The molecular weight excluding hydrogens is 517 g/mol. The number of carboxylic acids is 1. The second-order valence-electron chi connectivity index (χ2n) is 9.49. The Morgan fingerprint density at radius 1 is 1.21 bits per heavy atom. The summed E-state index contributed by atoms with van der Waals surface area (Å²) in [4.78, 5) is 41.4. The summed E-state index contributed by atoms with van der Waals surface area (Å²) in [5.41, 5.74) is -2.61. The molecule has 0 saturated carbocycles. The predicted molar refractivity (Wildman–Crippen MR) is 139 cm³/mol. The predicted octanol–water partition coefficient (Wildman–Crippen LogP) is 3.25. The topological polar surface area (TPSA) is 130 Å². The number of rotatable bonds is 9. The van der Waals surface area contributed by atoms with Crippen molar-refractivity contribution in [3.63, 3.8) is 0 Å². The summed E-state index contributed by atoms with van der Waals surface area (Å²) in [6.45, 7) is 7.68. The van der Waals surface area contributed by atoms with Gasteiger partial charge in [0.1, 0.15) is 33.0 Å². The lowest BCUT2D eigenvalue weighted by molar-refractivity contribution is -0.146. The molecule has 4 rings (SSSR count). The summed E-state index contributed by atoms with van der Waals surface area (Å²) in [6, 6.07) is 3.98. The van der Waals surface area contributed by atoms with Gasteiger partial charge < -0.3 is 14.6 Å². The third-order valence-corrected chi connectivity index (χ3v) is 7.47. The fourth-order valence-electron chi connectivity index (χ4n) is 4.26. The molecule has 4 aromatic rings. The third-order valence-electron chi connectivity index (χ3n) is 6.19. The van der Waals surface area contributed by atoms with Crippen LogP contribution in [0.4, 0.5) is 4.39 Å². The van der Waals surface area contributed by atoms with Crippen molar-refractivity contribution < 1.29 is 23.8 Å². The van der Waals surface area contributed by atoms with Crippen molar-refractivity contribution in [3.05, 3.63) is 68.4 Å². The number of carbonyl (C=O) groups is 1. The molecule has 0 unspecified atom stereocenters. The Kier molecular flexibility index (Phi) is 7.26. The Bertz CT molecular complexity index is 1620. The third kappa shape index (κ3) is 4.63. The highest BCUT2D eigenvalue weighted by molar-refractivity contribution is 7.21. The van der Waals surface area contributed by atoms with E-state index in [4.69, 9.17) is 9.47 Å². The quantitative estimate of drug-likeness (QED) is 0.339. The van der Waals surface area contributed by atoms with E-state index in [1.165, 1.54) is 60.9 Å². The average molecular weight is 546 g/mol. The number of hydrogen-bond acceptors (Lipinski definition) is 8. The first-order valence-electron chi connectivity index (χ1n) is 11.8. The lowest BCUT2D eigenvalue weighted by Crippen LogP contribution is -2.52. The van der Waals surface area contributed by atoms with E-state index in [1.54, 1.807) is 20.8 Å². The molecule has 1 aromatic carbocycles. The van der Waals surface area contributed by atoms with Crippen LogP contribution in [0, 0.1) is 12.7 Å². The average Bonchev–Trinajstić information content (AvgIpc) is 3.48. The van der Waals surface area contributed by atoms with Crippen molar-refractivity contribution in [2.45, 2.75) is 58.9 Å². The fourth-order valence-corrected chi connectivity index (χ4v) is 5.48. The number of fused-ring (bicyclic) bond motifs is 1. The van der Waals surface area contributed by atoms with Crippen LogP contribution in [0.1, 0.15) is 44.9 Å². The summed E-state index contributed by atoms with van der Waals surface area (Å²) >= 11 is 1.11. The Labute approximate surface area is 220 Å². The van der Waals surface area contributed by atoms with Crippen molar-refractivity contribution in [2.75, 3.05) is 7.11 Å². The summed E-state index contributed by atoms with van der Waals surface area (Å²) in [5, 5.41) is 18.8. The summed E-state index contributed by atoms with van der Waals surface area (Å²) in [6.07, 6.45) is 1.75. The maximum absolute atomic E-state index is 14.3. The number of aromatic nitrogens is 5. The fraction of sp³-hybridized carbons (Fsp3) is 0.400. The monoisotopic (exact) mass is 545 g/mol. The Hall–Kier alpha value is -3.84. The van der Waals surface area contributed by atoms with Crippen molar-refractivity contribution in [1.29, 1.82) is 0 Å². The van der Waals surface area contributed by atoms with Gasteiger partial charge in [0.15, 0.2) is 0 Å². The van der Waals surface area contributed by atoms with Crippen LogP contribution < -0.4 is 16.0 Å². The Morgan fingerprint density at radius 3 is 2.45 bits per heavy atom. The lowest BCUT2D eigenvalue weighted by Gasteiger charge is -2.26. The van der Waals surface area contributed by atoms with Crippen molar-refractivity contribution in [2.24, 2.45) is 0 Å². The summed E-state index contributed by atoms with van der Waals surface area (Å²) < 4.78 is 27.9. The van der Waals surface area contributed by atoms with Gasteiger partial charge in [0.05, 0.1) is 37.5 Å².